The van der Waals surface area contributed by atoms with Crippen molar-refractivity contribution in [3.8, 4) is 11.3 Å². The van der Waals surface area contributed by atoms with Gasteiger partial charge in [0.25, 0.3) is 0 Å². The van der Waals surface area contributed by atoms with Crippen LogP contribution in [-0.2, 0) is 24.9 Å². The Balaban J connectivity index is 1.45. The molecule has 0 aliphatic heterocycles. The molecule has 2 aromatic heterocycles. The first-order valence-corrected chi connectivity index (χ1v) is 11.5. The number of aromatic nitrogens is 4. The molecule has 0 saturated carbocycles. The van der Waals surface area contributed by atoms with E-state index in [1.54, 1.807) is 6.20 Å². The number of imidazole rings is 1. The quantitative estimate of drug-likeness (QED) is 0.350. The normalized spacial score (nSPS) is 11.5. The summed E-state index contributed by atoms with van der Waals surface area (Å²) in [6.07, 6.45) is 7.40. The lowest BCUT2D eigenvalue weighted by Gasteiger charge is -2.19. The van der Waals surface area contributed by atoms with E-state index in [1.165, 1.54) is 5.56 Å². The van der Waals surface area contributed by atoms with Gasteiger partial charge in [-0.05, 0) is 43.5 Å². The minimum absolute atomic E-state index is 0.399. The van der Waals surface area contributed by atoms with E-state index in [-0.39, 0.29) is 0 Å². The smallest absolute Gasteiger partial charge is 0.227 e. The Labute approximate surface area is 199 Å². The number of nitrogens with zero attached hydrogens (tertiary/aromatic N) is 4. The van der Waals surface area contributed by atoms with Crippen LogP contribution in [0.4, 0.5) is 11.6 Å². The summed E-state index contributed by atoms with van der Waals surface area (Å²) in [7, 11) is 0. The van der Waals surface area contributed by atoms with E-state index in [2.05, 4.69) is 43.9 Å². The molecule has 6 nitrogen and oxygen atoms in total. The van der Waals surface area contributed by atoms with Gasteiger partial charge in [-0.15, -0.1) is 0 Å². The first-order valence-electron chi connectivity index (χ1n) is 11.1. The summed E-state index contributed by atoms with van der Waals surface area (Å²) < 4.78 is 2.20. The third-order valence-electron chi connectivity index (χ3n) is 5.62. The molecule has 0 aliphatic carbocycles. The van der Waals surface area contributed by atoms with Gasteiger partial charge in [0.1, 0.15) is 5.82 Å². The Kier molecular flexibility index (Phi) is 6.77. The molecule has 0 amide bonds. The summed E-state index contributed by atoms with van der Waals surface area (Å²) in [6.45, 7) is 7.00. The zero-order chi connectivity index (χ0) is 23.4. The number of nitrogens with two attached hydrogens (primary N) is 1. The highest BCUT2D eigenvalue weighted by Crippen LogP contribution is 2.29. The van der Waals surface area contributed by atoms with Crippen molar-refractivity contribution in [3.05, 3.63) is 89.1 Å². The molecule has 0 unspecified atom stereocenters. The summed E-state index contributed by atoms with van der Waals surface area (Å²) in [4.78, 5) is 13.4. The number of halogens is 1. The molecule has 0 atom stereocenters. The Bertz CT molecular complexity index is 1210. The maximum Gasteiger partial charge on any atom is 0.227 e. The summed E-state index contributed by atoms with van der Waals surface area (Å²) in [5, 5.41) is 3.78. The lowest BCUT2D eigenvalue weighted by molar-refractivity contribution is 0.554. The average molecular weight is 461 g/mol. The van der Waals surface area contributed by atoms with Gasteiger partial charge < -0.3 is 15.6 Å². The summed E-state index contributed by atoms with van der Waals surface area (Å²) >= 11 is 6.40. The van der Waals surface area contributed by atoms with Crippen molar-refractivity contribution < 1.29 is 0 Å². The molecule has 3 N–H and O–H groups in total. The van der Waals surface area contributed by atoms with Gasteiger partial charge in [0.15, 0.2) is 0 Å². The van der Waals surface area contributed by atoms with Crippen LogP contribution in [0.25, 0.3) is 11.3 Å². The molecule has 0 saturated heterocycles. The number of nitrogens with one attached hydrogen (secondary N) is 1. The number of benzene rings is 2. The van der Waals surface area contributed by atoms with Gasteiger partial charge in [-0.2, -0.15) is 0 Å². The van der Waals surface area contributed by atoms with Crippen LogP contribution in [0.15, 0.2) is 67.1 Å². The molecular formula is C26H29ClN6. The molecule has 2 aromatic carbocycles. The third kappa shape index (κ3) is 5.59. The van der Waals surface area contributed by atoms with Crippen LogP contribution in [-0.4, -0.2) is 19.5 Å². The third-order valence-corrected chi connectivity index (χ3v) is 5.89. The molecule has 170 valence electrons. The minimum Gasteiger partial charge on any atom is -0.335 e. The molecule has 0 radical (unpaired) electrons. The molecule has 4 aromatic rings. The first-order chi connectivity index (χ1) is 15.8. The predicted molar refractivity (Wildman–Crippen MR) is 135 cm³/mol. The Morgan fingerprint density at radius 1 is 1.03 bits per heavy atom. The highest BCUT2D eigenvalue weighted by molar-refractivity contribution is 6.32. The van der Waals surface area contributed by atoms with Crippen LogP contribution in [0.1, 0.15) is 37.7 Å². The van der Waals surface area contributed by atoms with Crippen LogP contribution < -0.4 is 11.1 Å². The van der Waals surface area contributed by atoms with Crippen molar-refractivity contribution in [2.24, 2.45) is 5.73 Å². The van der Waals surface area contributed by atoms with E-state index in [0.717, 1.165) is 42.0 Å². The summed E-state index contributed by atoms with van der Waals surface area (Å²) in [5.74, 6) is 1.61. The van der Waals surface area contributed by atoms with Crippen LogP contribution in [0.5, 0.6) is 0 Å². The van der Waals surface area contributed by atoms with Crippen molar-refractivity contribution in [1.29, 1.82) is 0 Å². The second-order valence-electron chi connectivity index (χ2n) is 8.65. The van der Waals surface area contributed by atoms with Crippen LogP contribution in [0, 0.1) is 0 Å². The molecule has 0 fully saturated rings. The molecule has 0 spiro atoms. The van der Waals surface area contributed by atoms with Gasteiger partial charge in [0.05, 0.1) is 16.9 Å². The van der Waals surface area contributed by atoms with Crippen molar-refractivity contribution in [2.75, 3.05) is 5.32 Å². The molecule has 2 heterocycles. The van der Waals surface area contributed by atoms with Gasteiger partial charge in [-0.1, -0.05) is 54.9 Å². The fraction of sp³-hybridized carbons (Fsp3) is 0.269. The monoisotopic (exact) mass is 460 g/mol. The van der Waals surface area contributed by atoms with Crippen LogP contribution in [0.3, 0.4) is 0 Å². The standard InChI is InChI=1S/C26H29ClN6/c1-4-23-29-14-16-33(23)15-13-18-5-11-21(12-6-18)31-25-30-17-22(27)24(32-25)19-7-9-20(10-8-19)26(2,3)28/h5-12,14,16-17H,4,13,15,28H2,1-3H3,(H,30,31,32). The molecule has 4 rings (SSSR count). The first kappa shape index (κ1) is 23.0. The highest BCUT2D eigenvalue weighted by Gasteiger charge is 2.15. The highest BCUT2D eigenvalue weighted by atomic mass is 35.5. The van der Waals surface area contributed by atoms with Crippen molar-refractivity contribution in [3.63, 3.8) is 0 Å². The predicted octanol–water partition coefficient (Wildman–Crippen LogP) is 5.74. The number of hydrogen-bond donors (Lipinski definition) is 2. The maximum atomic E-state index is 6.40. The molecule has 33 heavy (non-hydrogen) atoms. The Hall–Kier alpha value is -3.22. The van der Waals surface area contributed by atoms with Crippen molar-refractivity contribution in [2.45, 2.75) is 45.7 Å². The molecule has 7 heteroatoms. The van der Waals surface area contributed by atoms with E-state index in [4.69, 9.17) is 17.3 Å². The lowest BCUT2D eigenvalue weighted by atomic mass is 9.94. The fourth-order valence-corrected chi connectivity index (χ4v) is 3.88. The zero-order valence-corrected chi connectivity index (χ0v) is 20.0. The molecule has 0 bridgehead atoms. The SMILES string of the molecule is CCc1nccn1CCc1ccc(Nc2ncc(Cl)c(-c3ccc(C(C)(C)N)cc3)n2)cc1. The van der Waals surface area contributed by atoms with Crippen LogP contribution >= 0.6 is 11.6 Å². The fourth-order valence-electron chi connectivity index (χ4n) is 3.68. The Morgan fingerprint density at radius 3 is 2.42 bits per heavy atom. The Morgan fingerprint density at radius 2 is 1.76 bits per heavy atom. The van der Waals surface area contributed by atoms with E-state index in [1.807, 2.05) is 62.6 Å². The number of hydrogen-bond acceptors (Lipinski definition) is 5. The van der Waals surface area contributed by atoms with Gasteiger partial charge in [0, 0.05) is 42.1 Å². The van der Waals surface area contributed by atoms with Gasteiger partial charge >= 0.3 is 0 Å². The molecular weight excluding hydrogens is 432 g/mol. The second-order valence-corrected chi connectivity index (χ2v) is 9.06. The number of aryl methyl sites for hydroxylation is 3. The summed E-state index contributed by atoms with van der Waals surface area (Å²) in [5.41, 5.74) is 10.6. The van der Waals surface area contributed by atoms with Crippen molar-refractivity contribution in [1.82, 2.24) is 19.5 Å². The van der Waals surface area contributed by atoms with Crippen molar-refractivity contribution >= 4 is 23.2 Å². The van der Waals surface area contributed by atoms with E-state index in [9.17, 15) is 0 Å². The average Bonchev–Trinajstić information content (AvgIpc) is 3.27. The van der Waals surface area contributed by atoms with E-state index < -0.39 is 5.54 Å². The van der Waals surface area contributed by atoms with Gasteiger partial charge in [-0.25, -0.2) is 15.0 Å². The number of rotatable bonds is 8. The minimum atomic E-state index is -0.399. The number of anilines is 2. The van der Waals surface area contributed by atoms with E-state index >= 15 is 0 Å². The second kappa shape index (κ2) is 9.73. The maximum absolute atomic E-state index is 6.40. The van der Waals surface area contributed by atoms with Gasteiger partial charge in [0.2, 0.25) is 5.95 Å². The van der Waals surface area contributed by atoms with Gasteiger partial charge in [-0.3, -0.25) is 0 Å². The van der Waals surface area contributed by atoms with E-state index in [0.29, 0.717) is 16.7 Å². The largest absolute Gasteiger partial charge is 0.335 e. The summed E-state index contributed by atoms with van der Waals surface area (Å²) in [6, 6.07) is 16.3. The zero-order valence-electron chi connectivity index (χ0n) is 19.2. The lowest BCUT2D eigenvalue weighted by Crippen LogP contribution is -2.28. The topological polar surface area (TPSA) is 81.7 Å². The van der Waals surface area contributed by atoms with Crippen LogP contribution in [0.2, 0.25) is 5.02 Å². The molecule has 0 aliphatic rings.